The highest BCUT2D eigenvalue weighted by atomic mass is 19.1. The maximum absolute atomic E-state index is 15.3. The third-order valence-electron chi connectivity index (χ3n) is 7.42. The van der Waals surface area contributed by atoms with Crippen LogP contribution in [0.5, 0.6) is 0 Å². The zero-order valence-electron chi connectivity index (χ0n) is 22.0. The monoisotopic (exact) mass is 529 g/mol. The Bertz CT molecular complexity index is 1500. The van der Waals surface area contributed by atoms with E-state index in [0.717, 1.165) is 38.6 Å². The molecule has 39 heavy (non-hydrogen) atoms. The number of aromatic nitrogens is 1. The Hall–Kier alpha value is -4.16. The Balaban J connectivity index is 1.36. The number of anilines is 2. The summed E-state index contributed by atoms with van der Waals surface area (Å²) in [6, 6.07) is 9.23. The van der Waals surface area contributed by atoms with Gasteiger partial charge in [0.15, 0.2) is 0 Å². The molecular weight excluding hydrogens is 497 g/mol. The second kappa shape index (κ2) is 11.3. The number of carbonyl (C=O) groups is 2. The summed E-state index contributed by atoms with van der Waals surface area (Å²) in [4.78, 5) is 42.9. The van der Waals surface area contributed by atoms with Gasteiger partial charge in [-0.05, 0) is 62.1 Å². The zero-order valence-corrected chi connectivity index (χ0v) is 22.0. The molecule has 8 nitrogen and oxygen atoms in total. The van der Waals surface area contributed by atoms with Crippen LogP contribution < -0.4 is 21.0 Å². The molecule has 1 aromatic heterocycles. The molecule has 3 aromatic rings. The predicted molar refractivity (Wildman–Crippen MR) is 151 cm³/mol. The summed E-state index contributed by atoms with van der Waals surface area (Å²) in [5.41, 5.74) is 1.27. The van der Waals surface area contributed by atoms with E-state index in [2.05, 4.69) is 21.5 Å². The number of hydrogen-bond acceptors (Lipinski definition) is 5. The van der Waals surface area contributed by atoms with Crippen molar-refractivity contribution in [3.63, 3.8) is 0 Å². The number of carbonyl (C=O) groups excluding carboxylic acids is 2. The third kappa shape index (κ3) is 5.81. The highest BCUT2D eigenvalue weighted by Crippen LogP contribution is 2.31. The van der Waals surface area contributed by atoms with E-state index in [1.54, 1.807) is 34.9 Å². The summed E-state index contributed by atoms with van der Waals surface area (Å²) >= 11 is 0. The molecule has 1 aliphatic carbocycles. The SMILES string of the molecule is C#CCNC(=O)c1ccc(NC(=O)c2cn(CC)c3cc(N4CCN(CC5CC5)CC4)c(F)cc3c2=O)cc1. The average molecular weight is 530 g/mol. The molecule has 202 valence electrons. The van der Waals surface area contributed by atoms with Crippen LogP contribution in [0, 0.1) is 24.1 Å². The molecule has 1 saturated carbocycles. The number of halogens is 1. The lowest BCUT2D eigenvalue weighted by molar-refractivity contribution is 0.0958. The smallest absolute Gasteiger partial charge is 0.261 e. The number of amides is 2. The molecule has 2 amide bonds. The van der Waals surface area contributed by atoms with Crippen LogP contribution in [-0.2, 0) is 6.54 Å². The van der Waals surface area contributed by atoms with Crippen LogP contribution in [0.4, 0.5) is 15.8 Å². The van der Waals surface area contributed by atoms with E-state index >= 15 is 4.39 Å². The van der Waals surface area contributed by atoms with Crippen molar-refractivity contribution in [2.45, 2.75) is 26.3 Å². The van der Waals surface area contributed by atoms with Crippen molar-refractivity contribution in [3.8, 4) is 12.3 Å². The van der Waals surface area contributed by atoms with E-state index in [9.17, 15) is 14.4 Å². The first-order chi connectivity index (χ1) is 18.9. The van der Waals surface area contributed by atoms with Gasteiger partial charge in [0, 0.05) is 62.1 Å². The minimum absolute atomic E-state index is 0.0824. The Morgan fingerprint density at radius 1 is 1.08 bits per heavy atom. The first-order valence-corrected chi connectivity index (χ1v) is 13.3. The minimum atomic E-state index is -0.607. The first-order valence-electron chi connectivity index (χ1n) is 13.3. The van der Waals surface area contributed by atoms with Gasteiger partial charge in [-0.1, -0.05) is 5.92 Å². The fraction of sp³-hybridized carbons (Fsp3) is 0.367. The number of nitrogens with one attached hydrogen (secondary N) is 2. The highest BCUT2D eigenvalue weighted by molar-refractivity contribution is 6.06. The van der Waals surface area contributed by atoms with Crippen molar-refractivity contribution in [3.05, 3.63) is 69.8 Å². The lowest BCUT2D eigenvalue weighted by Gasteiger charge is -2.36. The van der Waals surface area contributed by atoms with Gasteiger partial charge in [0.25, 0.3) is 11.8 Å². The molecule has 2 heterocycles. The molecule has 0 unspecified atom stereocenters. The van der Waals surface area contributed by atoms with Crippen molar-refractivity contribution in [2.75, 3.05) is 49.5 Å². The maximum Gasteiger partial charge on any atom is 0.261 e. The van der Waals surface area contributed by atoms with Gasteiger partial charge in [0.1, 0.15) is 11.4 Å². The number of piperazine rings is 1. The first kappa shape index (κ1) is 26.4. The molecule has 5 rings (SSSR count). The zero-order chi connectivity index (χ0) is 27.5. The van der Waals surface area contributed by atoms with Gasteiger partial charge in [-0.3, -0.25) is 19.3 Å². The molecule has 0 bridgehead atoms. The Kier molecular flexibility index (Phi) is 7.66. The lowest BCUT2D eigenvalue weighted by atomic mass is 10.1. The summed E-state index contributed by atoms with van der Waals surface area (Å²) in [7, 11) is 0. The fourth-order valence-electron chi connectivity index (χ4n) is 5.04. The molecule has 2 fully saturated rings. The van der Waals surface area contributed by atoms with Crippen LogP contribution in [0.1, 0.15) is 40.5 Å². The van der Waals surface area contributed by atoms with Crippen LogP contribution in [0.25, 0.3) is 10.9 Å². The van der Waals surface area contributed by atoms with Gasteiger partial charge in [0.2, 0.25) is 5.43 Å². The number of hydrogen-bond donors (Lipinski definition) is 2. The summed E-state index contributed by atoms with van der Waals surface area (Å²) in [5.74, 6) is 1.76. The van der Waals surface area contributed by atoms with Crippen LogP contribution in [0.15, 0.2) is 47.4 Å². The van der Waals surface area contributed by atoms with E-state index in [4.69, 9.17) is 6.42 Å². The van der Waals surface area contributed by atoms with E-state index in [1.807, 2.05) is 11.8 Å². The van der Waals surface area contributed by atoms with Crippen molar-refractivity contribution in [2.24, 2.45) is 5.92 Å². The number of terminal acetylenes is 1. The van der Waals surface area contributed by atoms with E-state index < -0.39 is 17.2 Å². The molecule has 2 aliphatic rings. The van der Waals surface area contributed by atoms with Crippen LogP contribution >= 0.6 is 0 Å². The summed E-state index contributed by atoms with van der Waals surface area (Å²) in [6.45, 7) is 6.90. The third-order valence-corrected chi connectivity index (χ3v) is 7.42. The van der Waals surface area contributed by atoms with Crippen molar-refractivity contribution >= 4 is 34.1 Å². The normalized spacial score (nSPS) is 15.7. The summed E-state index contributed by atoms with van der Waals surface area (Å²) in [5, 5.41) is 5.44. The molecule has 0 atom stereocenters. The Morgan fingerprint density at radius 2 is 1.79 bits per heavy atom. The average Bonchev–Trinajstić information content (AvgIpc) is 3.77. The van der Waals surface area contributed by atoms with Crippen LogP contribution in [0.3, 0.4) is 0 Å². The van der Waals surface area contributed by atoms with Crippen LogP contribution in [-0.4, -0.2) is 60.5 Å². The highest BCUT2D eigenvalue weighted by Gasteiger charge is 2.27. The second-order valence-electron chi connectivity index (χ2n) is 10.1. The number of rotatable bonds is 8. The number of fused-ring (bicyclic) bond motifs is 1. The van der Waals surface area contributed by atoms with E-state index in [-0.39, 0.29) is 23.4 Å². The topological polar surface area (TPSA) is 86.7 Å². The number of aryl methyl sites for hydroxylation is 1. The number of pyridine rings is 1. The van der Waals surface area contributed by atoms with Gasteiger partial charge in [-0.2, -0.15) is 0 Å². The molecule has 0 radical (unpaired) electrons. The van der Waals surface area contributed by atoms with Gasteiger partial charge >= 0.3 is 0 Å². The molecule has 2 aromatic carbocycles. The largest absolute Gasteiger partial charge is 0.367 e. The van der Waals surface area contributed by atoms with Gasteiger partial charge in [-0.25, -0.2) is 4.39 Å². The Labute approximate surface area is 226 Å². The standard InChI is InChI=1S/C30H32FN5O3/c1-3-11-32-29(38)21-7-9-22(10-8-21)33-30(39)24-19-35(4-2)26-17-27(25(31)16-23(26)28(24)37)36-14-12-34(13-15-36)18-20-5-6-20/h1,7-10,16-17,19-20H,4-6,11-15,18H2,2H3,(H,32,38)(H,33,39). The van der Waals surface area contributed by atoms with Crippen molar-refractivity contribution in [1.29, 1.82) is 0 Å². The second-order valence-corrected chi connectivity index (χ2v) is 10.1. The van der Waals surface area contributed by atoms with Crippen molar-refractivity contribution in [1.82, 2.24) is 14.8 Å². The van der Waals surface area contributed by atoms with Gasteiger partial charge in [-0.15, -0.1) is 6.42 Å². The van der Waals surface area contributed by atoms with Crippen LogP contribution in [0.2, 0.25) is 0 Å². The van der Waals surface area contributed by atoms with E-state index in [0.29, 0.717) is 29.0 Å². The fourth-order valence-corrected chi connectivity index (χ4v) is 5.04. The van der Waals surface area contributed by atoms with E-state index in [1.165, 1.54) is 25.1 Å². The molecule has 2 N–H and O–H groups in total. The maximum atomic E-state index is 15.3. The summed E-state index contributed by atoms with van der Waals surface area (Å²) in [6.07, 6.45) is 9.31. The quantitative estimate of drug-likeness (QED) is 0.438. The van der Waals surface area contributed by atoms with Gasteiger partial charge in [0.05, 0.1) is 17.7 Å². The lowest BCUT2D eigenvalue weighted by Crippen LogP contribution is -2.47. The number of nitrogens with zero attached hydrogens (tertiary/aromatic N) is 3. The molecule has 1 saturated heterocycles. The Morgan fingerprint density at radius 3 is 2.44 bits per heavy atom. The predicted octanol–water partition coefficient (Wildman–Crippen LogP) is 3.31. The number of benzene rings is 2. The summed E-state index contributed by atoms with van der Waals surface area (Å²) < 4.78 is 17.2. The molecule has 1 aliphatic heterocycles. The van der Waals surface area contributed by atoms with Gasteiger partial charge < -0.3 is 20.1 Å². The van der Waals surface area contributed by atoms with Crippen molar-refractivity contribution < 1.29 is 14.0 Å². The molecular formula is C30H32FN5O3. The molecule has 0 spiro atoms. The minimum Gasteiger partial charge on any atom is -0.367 e. The molecule has 9 heteroatoms.